The average molecular weight is 289 g/mol. The molecule has 3 rings (SSSR count). The van der Waals surface area contributed by atoms with Crippen LogP contribution in [0.25, 0.3) is 0 Å². The van der Waals surface area contributed by atoms with Gasteiger partial charge < -0.3 is 10.1 Å². The van der Waals surface area contributed by atoms with E-state index in [-0.39, 0.29) is 11.5 Å². The number of nitrogens with one attached hydrogen (secondary N) is 1. The largest absolute Gasteiger partial charge is 0.373 e. The van der Waals surface area contributed by atoms with Crippen LogP contribution in [0.15, 0.2) is 6.20 Å². The third-order valence-corrected chi connectivity index (χ3v) is 4.71. The minimum Gasteiger partial charge on any atom is -0.373 e. The topological polar surface area (TPSA) is 47.0 Å². The Morgan fingerprint density at radius 1 is 1.43 bits per heavy atom. The molecule has 0 aromatic carbocycles. The van der Waals surface area contributed by atoms with E-state index >= 15 is 0 Å². The molecule has 0 aliphatic heterocycles. The van der Waals surface area contributed by atoms with Gasteiger partial charge in [0.1, 0.15) is 6.10 Å². The second kappa shape index (κ2) is 5.65. The zero-order valence-electron chi connectivity index (χ0n) is 13.6. The number of aromatic nitrogens is 2. The van der Waals surface area contributed by atoms with E-state index in [1.54, 1.807) is 7.11 Å². The Balaban J connectivity index is 1.92. The fourth-order valence-electron chi connectivity index (χ4n) is 3.54. The van der Waals surface area contributed by atoms with Gasteiger partial charge in [-0.2, -0.15) is 0 Å². The Morgan fingerprint density at radius 3 is 2.81 bits per heavy atom. The first-order valence-corrected chi connectivity index (χ1v) is 8.16. The maximum atomic E-state index is 5.64. The highest BCUT2D eigenvalue weighted by Crippen LogP contribution is 2.43. The van der Waals surface area contributed by atoms with Crippen molar-refractivity contribution in [2.24, 2.45) is 11.3 Å². The van der Waals surface area contributed by atoms with Crippen LogP contribution < -0.4 is 5.32 Å². The van der Waals surface area contributed by atoms with Crippen LogP contribution in [0.2, 0.25) is 0 Å². The van der Waals surface area contributed by atoms with E-state index in [0.717, 1.165) is 25.2 Å². The summed E-state index contributed by atoms with van der Waals surface area (Å²) in [5.41, 5.74) is 2.78. The van der Waals surface area contributed by atoms with Crippen molar-refractivity contribution >= 4 is 0 Å². The predicted molar refractivity (Wildman–Crippen MR) is 83.0 cm³/mol. The SMILES string of the molecule is CCNC1CC(C)(C)Cc2nc(C(OC)C3CC3)ncc21. The lowest BCUT2D eigenvalue weighted by atomic mass is 9.74. The summed E-state index contributed by atoms with van der Waals surface area (Å²) < 4.78 is 5.64. The molecule has 1 aromatic rings. The molecule has 1 N–H and O–H groups in total. The lowest BCUT2D eigenvalue weighted by Gasteiger charge is -2.36. The van der Waals surface area contributed by atoms with Crippen LogP contribution in [-0.2, 0) is 11.2 Å². The van der Waals surface area contributed by atoms with Crippen molar-refractivity contribution in [2.45, 2.75) is 58.6 Å². The lowest BCUT2D eigenvalue weighted by molar-refractivity contribution is 0.0765. The van der Waals surface area contributed by atoms with Crippen molar-refractivity contribution < 1.29 is 4.74 Å². The summed E-state index contributed by atoms with van der Waals surface area (Å²) in [6.45, 7) is 7.79. The summed E-state index contributed by atoms with van der Waals surface area (Å²) in [4.78, 5) is 9.53. The van der Waals surface area contributed by atoms with Gasteiger partial charge in [0, 0.05) is 30.6 Å². The Morgan fingerprint density at radius 2 is 2.19 bits per heavy atom. The number of ether oxygens (including phenoxy) is 1. The van der Waals surface area contributed by atoms with Crippen LogP contribution in [0.5, 0.6) is 0 Å². The minimum atomic E-state index is 0.0814. The molecule has 1 aromatic heterocycles. The summed E-state index contributed by atoms with van der Waals surface area (Å²) >= 11 is 0. The van der Waals surface area contributed by atoms with Gasteiger partial charge in [-0.25, -0.2) is 9.97 Å². The number of rotatable bonds is 5. The third kappa shape index (κ3) is 3.11. The van der Waals surface area contributed by atoms with Gasteiger partial charge in [0.2, 0.25) is 0 Å². The van der Waals surface area contributed by atoms with Crippen LogP contribution in [0.1, 0.15) is 69.3 Å². The Hall–Kier alpha value is -1.00. The van der Waals surface area contributed by atoms with E-state index < -0.39 is 0 Å². The number of methoxy groups -OCH3 is 1. The molecule has 0 spiro atoms. The monoisotopic (exact) mass is 289 g/mol. The standard InChI is InChI=1S/C17H27N3O/c1-5-18-13-8-17(2,3)9-14-12(13)10-19-16(20-14)15(21-4)11-6-7-11/h10-11,13,15,18H,5-9H2,1-4H3. The first kappa shape index (κ1) is 14.9. The molecule has 1 fully saturated rings. The van der Waals surface area contributed by atoms with Crippen molar-refractivity contribution in [1.29, 1.82) is 0 Å². The van der Waals surface area contributed by atoms with Crippen LogP contribution >= 0.6 is 0 Å². The fourth-order valence-corrected chi connectivity index (χ4v) is 3.54. The van der Waals surface area contributed by atoms with Crippen molar-refractivity contribution in [3.05, 3.63) is 23.3 Å². The molecule has 0 saturated heterocycles. The van der Waals surface area contributed by atoms with Crippen LogP contribution in [-0.4, -0.2) is 23.6 Å². The molecule has 0 bridgehead atoms. The molecule has 2 aliphatic rings. The minimum absolute atomic E-state index is 0.0814. The lowest BCUT2D eigenvalue weighted by Crippen LogP contribution is -2.34. The van der Waals surface area contributed by atoms with Crippen molar-refractivity contribution in [3.8, 4) is 0 Å². The first-order valence-electron chi connectivity index (χ1n) is 8.16. The Kier molecular flexibility index (Phi) is 4.02. The number of hydrogen-bond acceptors (Lipinski definition) is 4. The van der Waals surface area contributed by atoms with E-state index in [2.05, 4.69) is 31.1 Å². The van der Waals surface area contributed by atoms with Crippen molar-refractivity contribution in [1.82, 2.24) is 15.3 Å². The number of fused-ring (bicyclic) bond motifs is 1. The zero-order valence-corrected chi connectivity index (χ0v) is 13.6. The number of hydrogen-bond donors (Lipinski definition) is 1. The maximum absolute atomic E-state index is 5.64. The molecule has 4 heteroatoms. The van der Waals surface area contributed by atoms with Gasteiger partial charge in [-0.1, -0.05) is 20.8 Å². The molecule has 2 atom stereocenters. The zero-order chi connectivity index (χ0) is 15.0. The second-order valence-corrected chi connectivity index (χ2v) is 7.28. The van der Waals surface area contributed by atoms with Gasteiger partial charge in [0.25, 0.3) is 0 Å². The molecule has 116 valence electrons. The number of nitrogens with zero attached hydrogens (tertiary/aromatic N) is 2. The Labute approximate surface area is 127 Å². The average Bonchev–Trinajstić information content (AvgIpc) is 3.23. The summed E-state index contributed by atoms with van der Waals surface area (Å²) in [6, 6.07) is 0.379. The molecule has 0 radical (unpaired) electrons. The molecule has 2 aliphatic carbocycles. The molecular formula is C17H27N3O. The van der Waals surface area contributed by atoms with Gasteiger partial charge in [-0.05, 0) is 43.6 Å². The van der Waals surface area contributed by atoms with Crippen molar-refractivity contribution in [3.63, 3.8) is 0 Å². The molecular weight excluding hydrogens is 262 g/mol. The summed E-state index contributed by atoms with van der Waals surface area (Å²) in [7, 11) is 1.77. The smallest absolute Gasteiger partial charge is 0.157 e. The van der Waals surface area contributed by atoms with E-state index in [1.165, 1.54) is 24.1 Å². The van der Waals surface area contributed by atoms with Crippen LogP contribution in [0, 0.1) is 11.3 Å². The summed E-state index contributed by atoms with van der Waals surface area (Å²) in [5.74, 6) is 1.50. The summed E-state index contributed by atoms with van der Waals surface area (Å²) in [5, 5.41) is 3.58. The summed E-state index contributed by atoms with van der Waals surface area (Å²) in [6.07, 6.45) is 6.77. The van der Waals surface area contributed by atoms with Gasteiger partial charge in [0.05, 0.1) is 0 Å². The molecule has 1 heterocycles. The van der Waals surface area contributed by atoms with Gasteiger partial charge in [-0.3, -0.25) is 0 Å². The molecule has 2 unspecified atom stereocenters. The van der Waals surface area contributed by atoms with Crippen molar-refractivity contribution in [2.75, 3.05) is 13.7 Å². The fraction of sp³-hybridized carbons (Fsp3) is 0.765. The van der Waals surface area contributed by atoms with E-state index in [1.807, 2.05) is 6.20 Å². The van der Waals surface area contributed by atoms with Gasteiger partial charge in [-0.15, -0.1) is 0 Å². The normalized spacial score (nSPS) is 25.4. The van der Waals surface area contributed by atoms with Gasteiger partial charge >= 0.3 is 0 Å². The third-order valence-electron chi connectivity index (χ3n) is 4.71. The van der Waals surface area contributed by atoms with E-state index in [4.69, 9.17) is 9.72 Å². The molecule has 0 amide bonds. The molecule has 21 heavy (non-hydrogen) atoms. The van der Waals surface area contributed by atoms with Gasteiger partial charge in [0.15, 0.2) is 5.82 Å². The predicted octanol–water partition coefficient (Wildman–Crippen LogP) is 3.20. The highest BCUT2D eigenvalue weighted by Gasteiger charge is 2.37. The second-order valence-electron chi connectivity index (χ2n) is 7.28. The first-order chi connectivity index (χ1) is 10.0. The Bertz CT molecular complexity index is 511. The highest BCUT2D eigenvalue weighted by molar-refractivity contribution is 5.27. The highest BCUT2D eigenvalue weighted by atomic mass is 16.5. The van der Waals surface area contributed by atoms with E-state index in [9.17, 15) is 0 Å². The van der Waals surface area contributed by atoms with Crippen LogP contribution in [0.4, 0.5) is 0 Å². The maximum Gasteiger partial charge on any atom is 0.157 e. The molecule has 1 saturated carbocycles. The van der Waals surface area contributed by atoms with Crippen LogP contribution in [0.3, 0.4) is 0 Å². The quantitative estimate of drug-likeness (QED) is 0.904. The molecule has 4 nitrogen and oxygen atoms in total. The van der Waals surface area contributed by atoms with E-state index in [0.29, 0.717) is 12.0 Å².